The van der Waals surface area contributed by atoms with Crippen LogP contribution in [0.15, 0.2) is 18.2 Å². The number of aromatic nitrogens is 3. The highest BCUT2D eigenvalue weighted by molar-refractivity contribution is 5.71. The van der Waals surface area contributed by atoms with Crippen LogP contribution in [0.2, 0.25) is 0 Å². The molecule has 0 atom stereocenters. The van der Waals surface area contributed by atoms with Crippen LogP contribution in [-0.2, 0) is 9.53 Å². The zero-order valence-electron chi connectivity index (χ0n) is 22.5. The maximum Gasteiger partial charge on any atom is 0.320 e. The largest absolute Gasteiger partial charge is 0.494 e. The normalized spacial score (nSPS) is 17.4. The van der Waals surface area contributed by atoms with E-state index in [-0.39, 0.29) is 17.8 Å². The zero-order valence-corrected chi connectivity index (χ0v) is 22.5. The van der Waals surface area contributed by atoms with Gasteiger partial charge in [0.1, 0.15) is 0 Å². The van der Waals surface area contributed by atoms with Crippen LogP contribution < -0.4 is 20.7 Å². The van der Waals surface area contributed by atoms with Crippen LogP contribution >= 0.6 is 0 Å². The van der Waals surface area contributed by atoms with Gasteiger partial charge in [-0.2, -0.15) is 15.0 Å². The molecule has 1 saturated heterocycles. The summed E-state index contributed by atoms with van der Waals surface area (Å²) in [6.07, 6.45) is 9.59. The number of piperidine rings is 1. The van der Waals surface area contributed by atoms with E-state index < -0.39 is 5.82 Å². The first kappa shape index (κ1) is 27.8. The average Bonchev–Trinajstić information content (AvgIpc) is 3.17. The van der Waals surface area contributed by atoms with Gasteiger partial charge < -0.3 is 25.4 Å². The van der Waals surface area contributed by atoms with Gasteiger partial charge in [-0.1, -0.05) is 32.6 Å². The standard InChI is InChI=1S/C27H40FN7O3/c1-3-16-38-24(36)18-35-14-12-20(13-15-35)30-26-32-25(29-19-8-6-4-5-7-9-19)33-27(34-26)31-21-10-11-23(37-2)22(28)17-21/h10-11,17,19-20H,3-9,12-16,18H2,1-2H3,(H3,29,30,31,32,33,34). The highest BCUT2D eigenvalue weighted by Gasteiger charge is 2.23. The number of nitrogens with one attached hydrogen (secondary N) is 3. The zero-order chi connectivity index (χ0) is 26.7. The van der Waals surface area contributed by atoms with Gasteiger partial charge in [-0.3, -0.25) is 9.69 Å². The van der Waals surface area contributed by atoms with Crippen LogP contribution in [0.3, 0.4) is 0 Å². The number of ether oxygens (including phenoxy) is 2. The van der Waals surface area contributed by atoms with Gasteiger partial charge in [0.05, 0.1) is 20.3 Å². The Labute approximate surface area is 224 Å². The number of anilines is 4. The molecule has 2 heterocycles. The maximum atomic E-state index is 14.3. The molecule has 0 amide bonds. The molecule has 2 fully saturated rings. The third kappa shape index (κ3) is 8.41. The van der Waals surface area contributed by atoms with Crippen LogP contribution in [0, 0.1) is 5.82 Å². The lowest BCUT2D eigenvalue weighted by molar-refractivity contribution is -0.145. The predicted molar refractivity (Wildman–Crippen MR) is 146 cm³/mol. The number of rotatable bonds is 11. The number of hydrogen-bond acceptors (Lipinski definition) is 10. The molecule has 0 radical (unpaired) electrons. The monoisotopic (exact) mass is 529 g/mol. The average molecular weight is 530 g/mol. The molecular weight excluding hydrogens is 489 g/mol. The van der Waals surface area contributed by atoms with Crippen LogP contribution in [0.5, 0.6) is 5.75 Å². The first-order valence-corrected chi connectivity index (χ1v) is 13.8. The molecule has 38 heavy (non-hydrogen) atoms. The second-order valence-electron chi connectivity index (χ2n) is 10.0. The summed E-state index contributed by atoms with van der Waals surface area (Å²) >= 11 is 0. The van der Waals surface area contributed by atoms with E-state index in [1.165, 1.54) is 38.9 Å². The molecule has 1 saturated carbocycles. The molecule has 1 aromatic heterocycles. The lowest BCUT2D eigenvalue weighted by atomic mass is 10.1. The molecule has 208 valence electrons. The van der Waals surface area contributed by atoms with Crippen LogP contribution in [0.25, 0.3) is 0 Å². The van der Waals surface area contributed by atoms with Gasteiger partial charge in [-0.15, -0.1) is 0 Å². The molecular formula is C27H40FN7O3. The number of nitrogens with zero attached hydrogens (tertiary/aromatic N) is 4. The van der Waals surface area contributed by atoms with Gasteiger partial charge in [0, 0.05) is 36.9 Å². The van der Waals surface area contributed by atoms with Gasteiger partial charge in [-0.05, 0) is 44.2 Å². The van der Waals surface area contributed by atoms with E-state index >= 15 is 0 Å². The van der Waals surface area contributed by atoms with E-state index in [2.05, 4.69) is 35.8 Å². The van der Waals surface area contributed by atoms with E-state index in [9.17, 15) is 9.18 Å². The minimum atomic E-state index is -0.466. The molecule has 3 N–H and O–H groups in total. The number of hydrogen-bond donors (Lipinski definition) is 3. The fourth-order valence-electron chi connectivity index (χ4n) is 4.90. The van der Waals surface area contributed by atoms with Crippen molar-refractivity contribution in [3.05, 3.63) is 24.0 Å². The van der Waals surface area contributed by atoms with Crippen molar-refractivity contribution >= 4 is 29.5 Å². The molecule has 1 aromatic carbocycles. The summed E-state index contributed by atoms with van der Waals surface area (Å²) in [7, 11) is 1.43. The minimum Gasteiger partial charge on any atom is -0.494 e. The van der Waals surface area contributed by atoms with Crippen molar-refractivity contribution in [2.45, 2.75) is 76.8 Å². The molecule has 2 aliphatic rings. The smallest absolute Gasteiger partial charge is 0.320 e. The molecule has 11 heteroatoms. The molecule has 2 aromatic rings. The third-order valence-electron chi connectivity index (χ3n) is 6.97. The first-order valence-electron chi connectivity index (χ1n) is 13.8. The van der Waals surface area contributed by atoms with Crippen molar-refractivity contribution in [3.63, 3.8) is 0 Å². The van der Waals surface area contributed by atoms with E-state index in [4.69, 9.17) is 9.47 Å². The molecule has 0 unspecified atom stereocenters. The summed E-state index contributed by atoms with van der Waals surface area (Å²) < 4.78 is 24.5. The van der Waals surface area contributed by atoms with Gasteiger partial charge in [0.15, 0.2) is 11.6 Å². The Morgan fingerprint density at radius 2 is 1.61 bits per heavy atom. The lowest BCUT2D eigenvalue weighted by Crippen LogP contribution is -2.42. The number of halogens is 1. The Bertz CT molecular complexity index is 1040. The third-order valence-corrected chi connectivity index (χ3v) is 6.97. The van der Waals surface area contributed by atoms with Crippen LogP contribution in [0.4, 0.5) is 27.9 Å². The summed E-state index contributed by atoms with van der Waals surface area (Å²) in [5.41, 5.74) is 0.518. The van der Waals surface area contributed by atoms with E-state index in [1.807, 2.05) is 6.92 Å². The van der Waals surface area contributed by atoms with Crippen molar-refractivity contribution < 1.29 is 18.7 Å². The molecule has 4 rings (SSSR count). The number of benzene rings is 1. The molecule has 0 bridgehead atoms. The number of likely N-dealkylation sites (tertiary alicyclic amines) is 1. The predicted octanol–water partition coefficient (Wildman–Crippen LogP) is 4.73. The Hall–Kier alpha value is -3.21. The van der Waals surface area contributed by atoms with Crippen molar-refractivity contribution in [2.24, 2.45) is 0 Å². The molecule has 1 aliphatic heterocycles. The number of methoxy groups -OCH3 is 1. The summed E-state index contributed by atoms with van der Waals surface area (Å²) in [6.45, 7) is 4.34. The van der Waals surface area contributed by atoms with Crippen molar-refractivity contribution in [1.29, 1.82) is 0 Å². The fraction of sp³-hybridized carbons (Fsp3) is 0.630. The van der Waals surface area contributed by atoms with E-state index in [0.717, 1.165) is 45.2 Å². The molecule has 1 aliphatic carbocycles. The lowest BCUT2D eigenvalue weighted by Gasteiger charge is -2.31. The highest BCUT2D eigenvalue weighted by atomic mass is 19.1. The van der Waals surface area contributed by atoms with Gasteiger partial charge in [-0.25, -0.2) is 4.39 Å². The van der Waals surface area contributed by atoms with Gasteiger partial charge in [0.2, 0.25) is 17.8 Å². The van der Waals surface area contributed by atoms with Crippen molar-refractivity contribution in [1.82, 2.24) is 19.9 Å². The summed E-state index contributed by atoms with van der Waals surface area (Å²) in [5, 5.41) is 10.1. The number of carbonyl (C=O) groups is 1. The second kappa shape index (κ2) is 14.1. The van der Waals surface area contributed by atoms with E-state index in [1.54, 1.807) is 12.1 Å². The minimum absolute atomic E-state index is 0.164. The first-order chi connectivity index (χ1) is 18.5. The van der Waals surface area contributed by atoms with Crippen LogP contribution in [-0.4, -0.2) is 71.3 Å². The Balaban J connectivity index is 1.43. The topological polar surface area (TPSA) is 114 Å². The summed E-state index contributed by atoms with van der Waals surface area (Å²) in [6, 6.07) is 5.12. The Morgan fingerprint density at radius 3 is 2.21 bits per heavy atom. The Morgan fingerprint density at radius 1 is 0.974 bits per heavy atom. The van der Waals surface area contributed by atoms with Gasteiger partial charge in [0.25, 0.3) is 0 Å². The highest BCUT2D eigenvalue weighted by Crippen LogP contribution is 2.25. The van der Waals surface area contributed by atoms with Gasteiger partial charge >= 0.3 is 5.97 Å². The van der Waals surface area contributed by atoms with E-state index in [0.29, 0.717) is 42.7 Å². The summed E-state index contributed by atoms with van der Waals surface area (Å²) in [5.74, 6) is 0.839. The second-order valence-corrected chi connectivity index (χ2v) is 10.0. The summed E-state index contributed by atoms with van der Waals surface area (Å²) in [4.78, 5) is 27.9. The number of esters is 1. The number of carbonyl (C=O) groups excluding carboxylic acids is 1. The molecule has 10 nitrogen and oxygen atoms in total. The maximum absolute atomic E-state index is 14.3. The van der Waals surface area contributed by atoms with Crippen molar-refractivity contribution in [3.8, 4) is 5.75 Å². The van der Waals surface area contributed by atoms with Crippen LogP contribution in [0.1, 0.15) is 64.7 Å². The van der Waals surface area contributed by atoms with Crippen molar-refractivity contribution in [2.75, 3.05) is 49.3 Å². The quantitative estimate of drug-likeness (QED) is 0.279. The fourth-order valence-corrected chi connectivity index (χ4v) is 4.90. The molecule has 0 spiro atoms. The Kier molecular flexibility index (Phi) is 10.3. The SMILES string of the molecule is CCCOC(=O)CN1CCC(Nc2nc(Nc3ccc(OC)c(F)c3)nc(NC3CCCCCC3)n2)CC1.